The molecule has 3 rings (SSSR count). The Kier molecular flexibility index (Phi) is 6.08. The van der Waals surface area contributed by atoms with Gasteiger partial charge in [-0.3, -0.25) is 9.59 Å². The molecule has 2 N–H and O–H groups in total. The topological polar surface area (TPSA) is 63.1 Å². The Bertz CT molecular complexity index is 954. The van der Waals surface area contributed by atoms with E-state index in [0.29, 0.717) is 18.1 Å². The van der Waals surface area contributed by atoms with Gasteiger partial charge in [-0.05, 0) is 41.3 Å². The Morgan fingerprint density at radius 3 is 2.41 bits per heavy atom. The van der Waals surface area contributed by atoms with E-state index in [-0.39, 0.29) is 30.6 Å². The van der Waals surface area contributed by atoms with Crippen molar-refractivity contribution in [2.45, 2.75) is 13.0 Å². The summed E-state index contributed by atoms with van der Waals surface area (Å²) in [6.07, 6.45) is 2.01. The van der Waals surface area contributed by atoms with E-state index in [1.165, 1.54) is 12.1 Å². The summed E-state index contributed by atoms with van der Waals surface area (Å²) in [6, 6.07) is 13.2. The van der Waals surface area contributed by atoms with Crippen LogP contribution in [-0.2, 0) is 22.6 Å². The van der Waals surface area contributed by atoms with Gasteiger partial charge in [-0.15, -0.1) is 0 Å². The zero-order valence-electron chi connectivity index (χ0n) is 14.5. The fraction of sp³-hybridized carbons (Fsp3) is 0.200. The second-order valence-electron chi connectivity index (χ2n) is 6.15. The molecule has 27 heavy (non-hydrogen) atoms. The molecule has 0 bridgehead atoms. The molecule has 2 aromatic carbocycles. The fourth-order valence-electron chi connectivity index (χ4n) is 2.76. The van der Waals surface area contributed by atoms with Crippen LogP contribution in [0.4, 0.5) is 4.39 Å². The van der Waals surface area contributed by atoms with Crippen molar-refractivity contribution in [3.8, 4) is 0 Å². The van der Waals surface area contributed by atoms with Crippen molar-refractivity contribution in [3.05, 3.63) is 71.1 Å². The van der Waals surface area contributed by atoms with Crippen LogP contribution in [0.5, 0.6) is 0 Å². The average Bonchev–Trinajstić information content (AvgIpc) is 3.03. The number of hydrogen-bond acceptors (Lipinski definition) is 2. The predicted molar refractivity (Wildman–Crippen MR) is 103 cm³/mol. The molecule has 0 saturated heterocycles. The van der Waals surface area contributed by atoms with Crippen molar-refractivity contribution < 1.29 is 14.0 Å². The molecular formula is C20H19ClFN3O2. The van der Waals surface area contributed by atoms with Gasteiger partial charge in [-0.25, -0.2) is 4.39 Å². The minimum atomic E-state index is -0.334. The maximum Gasteiger partial charge on any atom is 0.240 e. The summed E-state index contributed by atoms with van der Waals surface area (Å²) in [7, 11) is 0. The number of carbonyl (C=O) groups is 2. The molecule has 2 amide bonds. The number of amides is 2. The lowest BCUT2D eigenvalue weighted by atomic mass is 10.1. The molecule has 0 atom stereocenters. The van der Waals surface area contributed by atoms with Gasteiger partial charge in [-0.1, -0.05) is 29.8 Å². The molecule has 3 aromatic rings. The third kappa shape index (κ3) is 5.31. The molecule has 140 valence electrons. The molecule has 0 radical (unpaired) electrons. The van der Waals surface area contributed by atoms with E-state index in [1.54, 1.807) is 12.1 Å². The molecule has 0 spiro atoms. The number of halogens is 2. The van der Waals surface area contributed by atoms with E-state index in [1.807, 2.05) is 35.0 Å². The highest BCUT2D eigenvalue weighted by molar-refractivity contribution is 6.31. The van der Waals surface area contributed by atoms with E-state index in [0.717, 1.165) is 16.5 Å². The van der Waals surface area contributed by atoms with Crippen molar-refractivity contribution in [2.75, 3.05) is 13.1 Å². The predicted octanol–water partition coefficient (Wildman–Crippen LogP) is 2.91. The zero-order chi connectivity index (χ0) is 19.2. The van der Waals surface area contributed by atoms with Crippen LogP contribution < -0.4 is 10.6 Å². The highest BCUT2D eigenvalue weighted by Gasteiger charge is 2.07. The van der Waals surface area contributed by atoms with Crippen LogP contribution in [0.1, 0.15) is 5.56 Å². The van der Waals surface area contributed by atoms with E-state index < -0.39 is 0 Å². The quantitative estimate of drug-likeness (QED) is 0.612. The monoisotopic (exact) mass is 387 g/mol. The van der Waals surface area contributed by atoms with Gasteiger partial charge in [0, 0.05) is 29.8 Å². The Morgan fingerprint density at radius 1 is 0.963 bits per heavy atom. The van der Waals surface area contributed by atoms with Crippen molar-refractivity contribution >= 4 is 34.3 Å². The van der Waals surface area contributed by atoms with Crippen molar-refractivity contribution in [1.82, 2.24) is 15.2 Å². The number of carbonyl (C=O) groups excluding carboxylic acids is 2. The Labute approximate surface area is 161 Å². The Balaban J connectivity index is 1.41. The maximum absolute atomic E-state index is 12.8. The second kappa shape index (κ2) is 8.68. The van der Waals surface area contributed by atoms with Gasteiger partial charge in [0.2, 0.25) is 11.8 Å². The first-order chi connectivity index (χ1) is 13.0. The average molecular weight is 388 g/mol. The maximum atomic E-state index is 12.8. The lowest BCUT2D eigenvalue weighted by Crippen LogP contribution is -2.36. The lowest BCUT2D eigenvalue weighted by Gasteiger charge is -2.09. The second-order valence-corrected chi connectivity index (χ2v) is 6.59. The van der Waals surface area contributed by atoms with Crippen molar-refractivity contribution in [1.29, 1.82) is 0 Å². The number of nitrogens with zero attached hydrogens (tertiary/aromatic N) is 1. The molecule has 0 unspecified atom stereocenters. The minimum Gasteiger partial charge on any atom is -0.354 e. The normalized spacial score (nSPS) is 10.7. The standard InChI is InChI=1S/C20H19ClFN3O2/c21-16-4-3-15-7-10-25(18(15)12-16)13-20(27)24-9-8-23-19(26)11-14-1-5-17(22)6-2-14/h1-7,10,12H,8-9,11,13H2,(H,23,26)(H,24,27). The first-order valence-corrected chi connectivity index (χ1v) is 8.91. The molecule has 1 aromatic heterocycles. The molecule has 0 saturated carbocycles. The van der Waals surface area contributed by atoms with Gasteiger partial charge in [0.1, 0.15) is 12.4 Å². The molecular weight excluding hydrogens is 369 g/mol. The molecule has 0 aliphatic carbocycles. The van der Waals surface area contributed by atoms with E-state index in [2.05, 4.69) is 10.6 Å². The van der Waals surface area contributed by atoms with E-state index >= 15 is 0 Å². The number of hydrogen-bond donors (Lipinski definition) is 2. The van der Waals surface area contributed by atoms with Crippen molar-refractivity contribution in [3.63, 3.8) is 0 Å². The summed E-state index contributed by atoms with van der Waals surface area (Å²) in [5, 5.41) is 7.13. The Morgan fingerprint density at radius 2 is 1.67 bits per heavy atom. The first kappa shape index (κ1) is 18.9. The molecule has 0 fully saturated rings. The van der Waals surface area contributed by atoms with Crippen LogP contribution in [0.25, 0.3) is 10.9 Å². The van der Waals surface area contributed by atoms with Gasteiger partial charge in [0.05, 0.1) is 6.42 Å². The summed E-state index contributed by atoms with van der Waals surface area (Å²) in [5.74, 6) is -0.665. The summed E-state index contributed by atoms with van der Waals surface area (Å²) in [4.78, 5) is 23.9. The van der Waals surface area contributed by atoms with Gasteiger partial charge in [-0.2, -0.15) is 0 Å². The summed E-state index contributed by atoms with van der Waals surface area (Å²) in [6.45, 7) is 0.825. The highest BCUT2D eigenvalue weighted by Crippen LogP contribution is 2.20. The van der Waals surface area contributed by atoms with Crippen molar-refractivity contribution in [2.24, 2.45) is 0 Å². The highest BCUT2D eigenvalue weighted by atomic mass is 35.5. The zero-order valence-corrected chi connectivity index (χ0v) is 15.3. The smallest absolute Gasteiger partial charge is 0.240 e. The molecule has 0 aliphatic heterocycles. The molecule has 1 heterocycles. The summed E-state index contributed by atoms with van der Waals surface area (Å²) >= 11 is 6.01. The lowest BCUT2D eigenvalue weighted by molar-refractivity contribution is -0.122. The van der Waals surface area contributed by atoms with Crippen LogP contribution in [0.2, 0.25) is 5.02 Å². The van der Waals surface area contributed by atoms with Crippen LogP contribution in [0.15, 0.2) is 54.7 Å². The minimum absolute atomic E-state index is 0.153. The van der Waals surface area contributed by atoms with Crippen LogP contribution in [0.3, 0.4) is 0 Å². The third-order valence-electron chi connectivity index (χ3n) is 4.10. The van der Waals surface area contributed by atoms with Gasteiger partial charge >= 0.3 is 0 Å². The van der Waals surface area contributed by atoms with Crippen LogP contribution in [-0.4, -0.2) is 29.5 Å². The summed E-state index contributed by atoms with van der Waals surface area (Å²) < 4.78 is 14.7. The molecule has 0 aliphatic rings. The number of aromatic nitrogens is 1. The van der Waals surface area contributed by atoms with Crippen LogP contribution >= 0.6 is 11.6 Å². The SMILES string of the molecule is O=C(Cc1ccc(F)cc1)NCCNC(=O)Cn1ccc2ccc(Cl)cc21. The number of benzene rings is 2. The van der Waals surface area contributed by atoms with Gasteiger partial charge in [0.25, 0.3) is 0 Å². The largest absolute Gasteiger partial charge is 0.354 e. The van der Waals surface area contributed by atoms with Crippen LogP contribution in [0, 0.1) is 5.82 Å². The Hall–Kier alpha value is -2.86. The number of rotatable bonds is 7. The van der Waals surface area contributed by atoms with E-state index in [4.69, 9.17) is 11.6 Å². The number of fused-ring (bicyclic) bond motifs is 1. The van der Waals surface area contributed by atoms with Gasteiger partial charge < -0.3 is 15.2 Å². The van der Waals surface area contributed by atoms with E-state index in [9.17, 15) is 14.0 Å². The van der Waals surface area contributed by atoms with Gasteiger partial charge in [0.15, 0.2) is 0 Å². The summed E-state index contributed by atoms with van der Waals surface area (Å²) in [5.41, 5.74) is 1.63. The molecule has 5 nitrogen and oxygen atoms in total. The molecule has 7 heteroatoms. The number of nitrogens with one attached hydrogen (secondary N) is 2. The fourth-order valence-corrected chi connectivity index (χ4v) is 2.93. The third-order valence-corrected chi connectivity index (χ3v) is 4.33. The first-order valence-electron chi connectivity index (χ1n) is 8.53.